The number of Topliss-reactive ketones (excluding diaryl/α,β-unsaturated/α-hetero) is 1. The Kier molecular flexibility index (Phi) is 6.48. The zero-order chi connectivity index (χ0) is 26.4. The van der Waals surface area contributed by atoms with Crippen LogP contribution in [0.25, 0.3) is 0 Å². The fraction of sp³-hybridized carbons (Fsp3) is 0.621. The molecule has 1 spiro atoms. The molecule has 2 saturated heterocycles. The molecular weight excluding hydrogens is 484 g/mol. The van der Waals surface area contributed by atoms with Gasteiger partial charge in [0.2, 0.25) is 23.5 Å². The van der Waals surface area contributed by atoms with E-state index in [0.29, 0.717) is 25.9 Å². The second kappa shape index (κ2) is 9.82. The number of nitrogens with one attached hydrogen (secondary N) is 3. The van der Waals surface area contributed by atoms with Crippen molar-refractivity contribution in [2.24, 2.45) is 17.3 Å². The van der Waals surface area contributed by atoms with Gasteiger partial charge in [-0.05, 0) is 74.7 Å². The van der Waals surface area contributed by atoms with Crippen LogP contribution >= 0.6 is 0 Å². The average Bonchev–Trinajstić information content (AvgIpc) is 3.83. The van der Waals surface area contributed by atoms with Crippen LogP contribution in [0.1, 0.15) is 69.3 Å². The van der Waals surface area contributed by atoms with Crippen molar-refractivity contribution in [2.45, 2.75) is 81.8 Å². The fourth-order valence-corrected chi connectivity index (χ4v) is 6.31. The number of benzene rings is 1. The summed E-state index contributed by atoms with van der Waals surface area (Å²) in [6, 6.07) is 8.24. The van der Waals surface area contributed by atoms with E-state index in [1.807, 2.05) is 30.3 Å². The standard InChI is InChI=1S/C29H36N4O5/c34-24(27(37)31-19-6-7-19)22(14-18-8-12-30-25(18)35)32-26(36)23-16-29(9-10-29)11-13-33(23)28(38)21-15-20(21)17-4-2-1-3-5-17/h1-5,18-23H,6-16H2,(H,30,35)(H,31,37)(H,32,36)/t18-,20+,21+,22-,23-/m0/s1. The van der Waals surface area contributed by atoms with E-state index in [2.05, 4.69) is 16.0 Å². The molecule has 0 aromatic heterocycles. The van der Waals surface area contributed by atoms with Crippen LogP contribution in [-0.4, -0.2) is 65.5 Å². The second-order valence-electron chi connectivity index (χ2n) is 12.0. The van der Waals surface area contributed by atoms with Crippen molar-refractivity contribution in [1.29, 1.82) is 0 Å². The van der Waals surface area contributed by atoms with Crippen LogP contribution in [0.3, 0.4) is 0 Å². The van der Waals surface area contributed by atoms with E-state index in [9.17, 15) is 24.0 Å². The van der Waals surface area contributed by atoms with Crippen molar-refractivity contribution in [1.82, 2.24) is 20.9 Å². The quantitative estimate of drug-likeness (QED) is 0.425. The van der Waals surface area contributed by atoms with Gasteiger partial charge in [-0.25, -0.2) is 0 Å². The molecule has 2 heterocycles. The number of rotatable bonds is 9. The Balaban J connectivity index is 1.17. The SMILES string of the molecule is O=C(NC1CC1)C(=O)[C@H](C[C@@H]1CCNC1=O)NC(=O)[C@@H]1CC2(CCN1C(=O)[C@@H]1C[C@@H]1c1ccccc1)CC2. The van der Waals surface area contributed by atoms with Crippen LogP contribution in [0.15, 0.2) is 30.3 Å². The first-order chi connectivity index (χ1) is 18.3. The first kappa shape index (κ1) is 25.1. The number of piperidine rings is 1. The van der Waals surface area contributed by atoms with Crippen LogP contribution < -0.4 is 16.0 Å². The monoisotopic (exact) mass is 520 g/mol. The third-order valence-corrected chi connectivity index (χ3v) is 9.22. The maximum absolute atomic E-state index is 13.8. The number of amides is 4. The van der Waals surface area contributed by atoms with E-state index in [4.69, 9.17) is 0 Å². The van der Waals surface area contributed by atoms with Crippen molar-refractivity contribution < 1.29 is 24.0 Å². The molecule has 1 aromatic carbocycles. The van der Waals surface area contributed by atoms with Gasteiger partial charge < -0.3 is 20.9 Å². The van der Waals surface area contributed by atoms with Crippen molar-refractivity contribution in [3.63, 3.8) is 0 Å². The summed E-state index contributed by atoms with van der Waals surface area (Å²) in [5.41, 5.74) is 1.24. The summed E-state index contributed by atoms with van der Waals surface area (Å²) in [4.78, 5) is 67.1. The minimum atomic E-state index is -1.10. The zero-order valence-corrected chi connectivity index (χ0v) is 21.6. The van der Waals surface area contributed by atoms with Crippen LogP contribution in [0, 0.1) is 17.3 Å². The van der Waals surface area contributed by atoms with Crippen molar-refractivity contribution in [3.05, 3.63) is 35.9 Å². The van der Waals surface area contributed by atoms with Crippen LogP contribution in [-0.2, 0) is 24.0 Å². The molecule has 5 fully saturated rings. The fourth-order valence-electron chi connectivity index (χ4n) is 6.31. The van der Waals surface area contributed by atoms with Crippen LogP contribution in [0.5, 0.6) is 0 Å². The van der Waals surface area contributed by atoms with Gasteiger partial charge in [0.25, 0.3) is 5.91 Å². The van der Waals surface area contributed by atoms with E-state index in [0.717, 1.165) is 44.1 Å². The maximum Gasteiger partial charge on any atom is 0.289 e. The topological polar surface area (TPSA) is 125 Å². The molecule has 0 radical (unpaired) electrons. The van der Waals surface area contributed by atoms with Gasteiger partial charge in [0.15, 0.2) is 0 Å². The predicted molar refractivity (Wildman–Crippen MR) is 138 cm³/mol. The predicted octanol–water partition coefficient (Wildman–Crippen LogP) is 1.42. The third kappa shape index (κ3) is 5.20. The van der Waals surface area contributed by atoms with Crippen LogP contribution in [0.4, 0.5) is 0 Å². The number of nitrogens with zero attached hydrogens (tertiary/aromatic N) is 1. The summed E-state index contributed by atoms with van der Waals surface area (Å²) in [6.07, 6.45) is 6.65. The molecule has 0 unspecified atom stereocenters. The summed E-state index contributed by atoms with van der Waals surface area (Å²) < 4.78 is 0. The highest BCUT2D eigenvalue weighted by atomic mass is 16.2. The summed E-state index contributed by atoms with van der Waals surface area (Å²) >= 11 is 0. The van der Waals surface area contributed by atoms with E-state index in [1.165, 1.54) is 0 Å². The molecule has 5 aliphatic rings. The Morgan fingerprint density at radius 3 is 2.47 bits per heavy atom. The van der Waals surface area contributed by atoms with Crippen molar-refractivity contribution in [3.8, 4) is 0 Å². The number of likely N-dealkylation sites (tertiary alicyclic amines) is 1. The molecule has 3 aliphatic carbocycles. The first-order valence-corrected chi connectivity index (χ1v) is 14.1. The van der Waals surface area contributed by atoms with Crippen molar-refractivity contribution in [2.75, 3.05) is 13.1 Å². The van der Waals surface area contributed by atoms with Gasteiger partial charge in [0.1, 0.15) is 6.04 Å². The average molecular weight is 521 g/mol. The highest BCUT2D eigenvalue weighted by Gasteiger charge is 2.54. The Morgan fingerprint density at radius 1 is 1.05 bits per heavy atom. The molecule has 2 aliphatic heterocycles. The lowest BCUT2D eigenvalue weighted by molar-refractivity contribution is -0.146. The second-order valence-corrected chi connectivity index (χ2v) is 12.0. The molecule has 6 rings (SSSR count). The van der Waals surface area contributed by atoms with E-state index >= 15 is 0 Å². The zero-order valence-electron chi connectivity index (χ0n) is 21.6. The molecule has 5 atom stereocenters. The molecule has 0 bridgehead atoms. The number of carbonyl (C=O) groups is 5. The largest absolute Gasteiger partial charge is 0.356 e. The van der Waals surface area contributed by atoms with Gasteiger partial charge in [-0.3, -0.25) is 24.0 Å². The number of ketones is 1. The third-order valence-electron chi connectivity index (χ3n) is 9.22. The van der Waals surface area contributed by atoms with Gasteiger partial charge >= 0.3 is 0 Å². The molecule has 1 aromatic rings. The van der Waals surface area contributed by atoms with Crippen LogP contribution in [0.2, 0.25) is 0 Å². The minimum absolute atomic E-state index is 0.000901. The van der Waals surface area contributed by atoms with Gasteiger partial charge in [0.05, 0.1) is 6.04 Å². The van der Waals surface area contributed by atoms with Crippen molar-refractivity contribution >= 4 is 29.4 Å². The molecule has 4 amide bonds. The molecule has 9 heteroatoms. The first-order valence-electron chi connectivity index (χ1n) is 14.1. The van der Waals surface area contributed by atoms with Gasteiger partial charge in [-0.1, -0.05) is 30.3 Å². The minimum Gasteiger partial charge on any atom is -0.356 e. The number of carbonyl (C=O) groups excluding carboxylic acids is 5. The molecule has 202 valence electrons. The Labute approximate surface area is 222 Å². The molecule has 38 heavy (non-hydrogen) atoms. The Morgan fingerprint density at radius 2 is 1.82 bits per heavy atom. The Bertz CT molecular complexity index is 1140. The molecule has 3 saturated carbocycles. The lowest BCUT2D eigenvalue weighted by Gasteiger charge is -2.39. The summed E-state index contributed by atoms with van der Waals surface area (Å²) in [7, 11) is 0. The number of hydrogen-bond donors (Lipinski definition) is 3. The molecule has 9 nitrogen and oxygen atoms in total. The Hall–Kier alpha value is -3.23. The van der Waals surface area contributed by atoms with E-state index < -0.39 is 35.6 Å². The molecular formula is C29H36N4O5. The van der Waals surface area contributed by atoms with Gasteiger partial charge in [-0.2, -0.15) is 0 Å². The van der Waals surface area contributed by atoms with E-state index in [-0.39, 0.29) is 41.5 Å². The lowest BCUT2D eigenvalue weighted by atomic mass is 9.86. The summed E-state index contributed by atoms with van der Waals surface area (Å²) in [5, 5.41) is 8.31. The normalized spacial score (nSPS) is 29.8. The lowest BCUT2D eigenvalue weighted by Crippen LogP contribution is -2.58. The highest BCUT2D eigenvalue weighted by Crippen LogP contribution is 2.56. The summed E-state index contributed by atoms with van der Waals surface area (Å²) in [5.74, 6) is -2.38. The number of hydrogen-bond acceptors (Lipinski definition) is 5. The summed E-state index contributed by atoms with van der Waals surface area (Å²) in [6.45, 7) is 1.05. The van der Waals surface area contributed by atoms with E-state index in [1.54, 1.807) is 4.90 Å². The van der Waals surface area contributed by atoms with Gasteiger partial charge in [0, 0.05) is 31.0 Å². The smallest absolute Gasteiger partial charge is 0.289 e. The molecule has 3 N–H and O–H groups in total. The van der Waals surface area contributed by atoms with Gasteiger partial charge in [-0.15, -0.1) is 0 Å². The maximum atomic E-state index is 13.8. The highest BCUT2D eigenvalue weighted by molar-refractivity contribution is 6.38.